The molecule has 0 N–H and O–H groups in total. The van der Waals surface area contributed by atoms with E-state index in [2.05, 4.69) is 278 Å². The SMILES string of the molecule is c1ccc(-c2cccc(N(c3ccc(-c4ccccc4-c4ccccc4)cc3)c3cccc4c3-c3ccccc3C43c4ccccc4C4(c5ccccc5-c5ccccc54)c4ccccc43)c2)cc1. The van der Waals surface area contributed by atoms with Gasteiger partial charge < -0.3 is 4.90 Å². The van der Waals surface area contributed by atoms with Crippen LogP contribution in [0.25, 0.3) is 55.6 Å². The molecular weight excluding hydrogens is 831 g/mol. The molecule has 1 heteroatoms. The lowest BCUT2D eigenvalue weighted by Crippen LogP contribution is -2.43. The second kappa shape index (κ2) is 15.4. The first-order valence-corrected chi connectivity index (χ1v) is 24.1. The van der Waals surface area contributed by atoms with Crippen LogP contribution in [0, 0.1) is 0 Å². The van der Waals surface area contributed by atoms with E-state index in [0.717, 1.165) is 17.1 Å². The molecule has 2 spiro atoms. The minimum absolute atomic E-state index is 0.494. The Morgan fingerprint density at radius 2 is 0.594 bits per heavy atom. The third-order valence-corrected chi connectivity index (χ3v) is 15.4. The molecule has 3 aliphatic rings. The lowest BCUT2D eigenvalue weighted by atomic mass is 9.52. The van der Waals surface area contributed by atoms with E-state index in [9.17, 15) is 0 Å². The number of anilines is 3. The first kappa shape index (κ1) is 39.4. The Kier molecular flexibility index (Phi) is 8.78. The minimum atomic E-state index is -0.602. The van der Waals surface area contributed by atoms with Crippen molar-refractivity contribution in [3.63, 3.8) is 0 Å². The molecular formula is C68H45N. The standard InChI is InChI=1S/C68H45N/c1-3-21-46(22-4-1)49-25-19-26-51(45-49)69(50-43-41-48(42-44-50)53-28-8-7-27-52(53)47-23-5-2-6-24-47)65-40-20-39-64-66(65)56-31-11-14-34-59(56)68(64)62-37-17-15-35-60(62)67(61-36-16-18-38-63(61)68)57-32-12-9-29-54(57)55-30-10-13-33-58(55)67/h1-45H. The highest BCUT2D eigenvalue weighted by Gasteiger charge is 2.59. The van der Waals surface area contributed by atoms with Gasteiger partial charge in [0.2, 0.25) is 0 Å². The average molecular weight is 876 g/mol. The highest BCUT2D eigenvalue weighted by atomic mass is 15.1. The number of hydrogen-bond donors (Lipinski definition) is 0. The summed E-state index contributed by atoms with van der Waals surface area (Å²) < 4.78 is 0. The van der Waals surface area contributed by atoms with E-state index in [-0.39, 0.29) is 0 Å². The predicted molar refractivity (Wildman–Crippen MR) is 286 cm³/mol. The Morgan fingerprint density at radius 3 is 1.14 bits per heavy atom. The van der Waals surface area contributed by atoms with Crippen LogP contribution in [-0.4, -0.2) is 0 Å². The monoisotopic (exact) mass is 875 g/mol. The van der Waals surface area contributed by atoms with Crippen LogP contribution < -0.4 is 4.90 Å². The Balaban J connectivity index is 1.03. The van der Waals surface area contributed by atoms with Crippen LogP contribution >= 0.6 is 0 Å². The van der Waals surface area contributed by atoms with Crippen molar-refractivity contribution in [3.05, 3.63) is 317 Å². The molecule has 0 atom stereocenters. The lowest BCUT2D eigenvalue weighted by molar-refractivity contribution is 0.633. The van der Waals surface area contributed by atoms with Gasteiger partial charge in [0.25, 0.3) is 0 Å². The number of hydrogen-bond acceptors (Lipinski definition) is 1. The summed E-state index contributed by atoms with van der Waals surface area (Å²) in [4.78, 5) is 2.50. The van der Waals surface area contributed by atoms with Crippen molar-refractivity contribution < 1.29 is 0 Å². The van der Waals surface area contributed by atoms with Crippen molar-refractivity contribution in [2.75, 3.05) is 4.90 Å². The van der Waals surface area contributed by atoms with Crippen molar-refractivity contribution in [1.82, 2.24) is 0 Å². The fraction of sp³-hybridized carbons (Fsp3) is 0.0294. The first-order valence-electron chi connectivity index (χ1n) is 24.1. The molecule has 11 aromatic rings. The van der Waals surface area contributed by atoms with Gasteiger partial charge in [-0.15, -0.1) is 0 Å². The molecule has 0 saturated carbocycles. The smallest absolute Gasteiger partial charge is 0.0720 e. The molecule has 0 amide bonds. The van der Waals surface area contributed by atoms with Gasteiger partial charge in [0.15, 0.2) is 0 Å². The van der Waals surface area contributed by atoms with E-state index in [1.165, 1.54) is 100 Å². The summed E-state index contributed by atoms with van der Waals surface area (Å²) in [5.74, 6) is 0. The Labute approximate surface area is 403 Å². The molecule has 3 aliphatic carbocycles. The number of benzene rings is 11. The van der Waals surface area contributed by atoms with Gasteiger partial charge in [-0.2, -0.15) is 0 Å². The summed E-state index contributed by atoms with van der Waals surface area (Å²) in [5.41, 5.74) is 25.2. The molecule has 0 bridgehead atoms. The van der Waals surface area contributed by atoms with Crippen molar-refractivity contribution in [3.8, 4) is 55.6 Å². The van der Waals surface area contributed by atoms with Gasteiger partial charge >= 0.3 is 0 Å². The van der Waals surface area contributed by atoms with Gasteiger partial charge in [-0.25, -0.2) is 0 Å². The zero-order valence-electron chi connectivity index (χ0n) is 37.9. The zero-order valence-corrected chi connectivity index (χ0v) is 37.9. The summed E-state index contributed by atoms with van der Waals surface area (Å²) in [5, 5.41) is 0. The van der Waals surface area contributed by atoms with Crippen LogP contribution in [0.3, 0.4) is 0 Å². The lowest BCUT2D eigenvalue weighted by Gasteiger charge is -2.48. The van der Waals surface area contributed by atoms with Gasteiger partial charge in [0.1, 0.15) is 0 Å². The average Bonchev–Trinajstić information content (AvgIpc) is 3.90. The summed E-state index contributed by atoms with van der Waals surface area (Å²) in [6.07, 6.45) is 0. The fourth-order valence-corrected chi connectivity index (χ4v) is 12.7. The summed E-state index contributed by atoms with van der Waals surface area (Å²) >= 11 is 0. The maximum Gasteiger partial charge on any atom is 0.0720 e. The second-order valence-corrected chi connectivity index (χ2v) is 18.6. The summed E-state index contributed by atoms with van der Waals surface area (Å²) in [6.45, 7) is 0. The normalized spacial score (nSPS) is 13.7. The number of nitrogens with zero attached hydrogens (tertiary/aromatic N) is 1. The molecule has 14 rings (SSSR count). The van der Waals surface area contributed by atoms with E-state index < -0.39 is 10.8 Å². The largest absolute Gasteiger partial charge is 0.310 e. The molecule has 0 heterocycles. The third kappa shape index (κ3) is 5.53. The fourth-order valence-electron chi connectivity index (χ4n) is 12.7. The molecule has 0 unspecified atom stereocenters. The highest BCUT2D eigenvalue weighted by Crippen LogP contribution is 2.68. The van der Waals surface area contributed by atoms with Crippen LogP contribution in [0.4, 0.5) is 17.1 Å². The molecule has 0 fully saturated rings. The molecule has 11 aromatic carbocycles. The van der Waals surface area contributed by atoms with Crippen LogP contribution in [0.2, 0.25) is 0 Å². The molecule has 322 valence electrons. The van der Waals surface area contributed by atoms with Crippen molar-refractivity contribution in [1.29, 1.82) is 0 Å². The van der Waals surface area contributed by atoms with Crippen molar-refractivity contribution in [2.45, 2.75) is 10.8 Å². The van der Waals surface area contributed by atoms with E-state index in [4.69, 9.17) is 0 Å². The van der Waals surface area contributed by atoms with Gasteiger partial charge in [-0.1, -0.05) is 243 Å². The highest BCUT2D eigenvalue weighted by molar-refractivity contribution is 6.00. The van der Waals surface area contributed by atoms with Crippen LogP contribution in [0.5, 0.6) is 0 Å². The topological polar surface area (TPSA) is 3.24 Å². The molecule has 1 nitrogen and oxygen atoms in total. The van der Waals surface area contributed by atoms with Crippen LogP contribution in [-0.2, 0) is 10.8 Å². The minimum Gasteiger partial charge on any atom is -0.310 e. The van der Waals surface area contributed by atoms with Crippen molar-refractivity contribution in [2.24, 2.45) is 0 Å². The van der Waals surface area contributed by atoms with E-state index >= 15 is 0 Å². The Morgan fingerprint density at radius 1 is 0.217 bits per heavy atom. The summed E-state index contributed by atoms with van der Waals surface area (Å²) in [7, 11) is 0. The van der Waals surface area contributed by atoms with Gasteiger partial charge in [-0.3, -0.25) is 0 Å². The number of fused-ring (bicyclic) bond motifs is 16. The maximum atomic E-state index is 2.50. The van der Waals surface area contributed by atoms with E-state index in [0.29, 0.717) is 0 Å². The van der Waals surface area contributed by atoms with Gasteiger partial charge in [0, 0.05) is 16.9 Å². The van der Waals surface area contributed by atoms with E-state index in [1.807, 2.05) is 0 Å². The summed E-state index contributed by atoms with van der Waals surface area (Å²) in [6, 6.07) is 102. The number of rotatable bonds is 6. The van der Waals surface area contributed by atoms with Gasteiger partial charge in [0.05, 0.1) is 16.5 Å². The second-order valence-electron chi connectivity index (χ2n) is 18.6. The molecule has 0 saturated heterocycles. The molecule has 0 aliphatic heterocycles. The Hall–Kier alpha value is -8.78. The maximum absolute atomic E-state index is 2.50. The predicted octanol–water partition coefficient (Wildman–Crippen LogP) is 17.2. The molecule has 0 aromatic heterocycles. The van der Waals surface area contributed by atoms with Gasteiger partial charge in [-0.05, 0) is 125 Å². The zero-order chi connectivity index (χ0) is 45.5. The van der Waals surface area contributed by atoms with Crippen LogP contribution in [0.15, 0.2) is 273 Å². The molecule has 0 radical (unpaired) electrons. The first-order chi connectivity index (χ1) is 34.3. The van der Waals surface area contributed by atoms with Crippen LogP contribution in [0.1, 0.15) is 44.5 Å². The molecule has 69 heavy (non-hydrogen) atoms. The van der Waals surface area contributed by atoms with E-state index in [1.54, 1.807) is 0 Å². The third-order valence-electron chi connectivity index (χ3n) is 15.4. The quantitative estimate of drug-likeness (QED) is 0.161. The Bertz CT molecular complexity index is 3690. The van der Waals surface area contributed by atoms with Crippen molar-refractivity contribution >= 4 is 17.1 Å².